The van der Waals surface area contributed by atoms with Gasteiger partial charge in [-0.15, -0.1) is 0 Å². The first-order chi connectivity index (χ1) is 11.3. The molecule has 1 aromatic rings. The van der Waals surface area contributed by atoms with Crippen LogP contribution in [0.4, 0.5) is 17.1 Å². The molecular formula is C13H20N4O8. The van der Waals surface area contributed by atoms with Crippen molar-refractivity contribution in [2.75, 3.05) is 6.54 Å². The fourth-order valence-electron chi connectivity index (χ4n) is 1.43. The number of rotatable bonds is 6. The quantitative estimate of drug-likeness (QED) is 0.503. The van der Waals surface area contributed by atoms with Crippen LogP contribution in [0, 0.1) is 30.3 Å². The third-order valence-electron chi connectivity index (χ3n) is 2.60. The minimum atomic E-state index is -1.21. The molecule has 0 saturated carbocycles. The SMILES string of the molecule is CC(C)NCC(C)(C)O.O=[N+]([O-])c1cc([N+](=O)[O-])c(O)c([N+](=O)[O-])c1. The standard InChI is InChI=1S/C7H17NO.C6H3N3O7/c1-6(2)8-5-7(3,4)9;10-6-4(8(13)14)1-3(7(11)12)2-5(6)9(15)16/h6,8-9H,5H2,1-4H3;1-2,10H. The van der Waals surface area contributed by atoms with Crippen LogP contribution in [-0.2, 0) is 0 Å². The number of nitro groups is 3. The van der Waals surface area contributed by atoms with E-state index in [1.54, 1.807) is 13.8 Å². The van der Waals surface area contributed by atoms with E-state index in [9.17, 15) is 35.4 Å². The summed E-state index contributed by atoms with van der Waals surface area (Å²) in [4.78, 5) is 27.8. The maximum Gasteiger partial charge on any atom is 0.324 e. The van der Waals surface area contributed by atoms with Crippen LogP contribution in [0.5, 0.6) is 5.75 Å². The Balaban J connectivity index is 0.000000547. The van der Waals surface area contributed by atoms with Crippen LogP contribution < -0.4 is 5.32 Å². The maximum absolute atomic E-state index is 10.4. The minimum Gasteiger partial charge on any atom is -0.497 e. The molecule has 0 amide bonds. The van der Waals surface area contributed by atoms with Gasteiger partial charge in [-0.05, 0) is 13.8 Å². The molecule has 0 aromatic heterocycles. The first kappa shape index (κ1) is 22.1. The molecule has 0 saturated heterocycles. The predicted molar refractivity (Wildman–Crippen MR) is 87.5 cm³/mol. The Hall–Kier alpha value is -2.86. The van der Waals surface area contributed by atoms with E-state index >= 15 is 0 Å². The van der Waals surface area contributed by atoms with Gasteiger partial charge in [-0.25, -0.2) is 0 Å². The van der Waals surface area contributed by atoms with E-state index in [0.29, 0.717) is 24.7 Å². The molecule has 0 fully saturated rings. The van der Waals surface area contributed by atoms with E-state index in [4.69, 9.17) is 5.11 Å². The van der Waals surface area contributed by atoms with Gasteiger partial charge in [0.15, 0.2) is 0 Å². The number of aliphatic hydroxyl groups is 1. The normalized spacial score (nSPS) is 10.8. The van der Waals surface area contributed by atoms with Crippen molar-refractivity contribution in [3.63, 3.8) is 0 Å². The fraction of sp³-hybridized carbons (Fsp3) is 0.538. The fourth-order valence-corrected chi connectivity index (χ4v) is 1.43. The van der Waals surface area contributed by atoms with Gasteiger partial charge in [-0.2, -0.15) is 0 Å². The molecule has 0 aliphatic heterocycles. The molecule has 0 aliphatic carbocycles. The molecule has 0 bridgehead atoms. The van der Waals surface area contributed by atoms with Crippen molar-refractivity contribution in [1.29, 1.82) is 0 Å². The molecule has 3 N–H and O–H groups in total. The van der Waals surface area contributed by atoms with Gasteiger partial charge in [-0.3, -0.25) is 30.3 Å². The molecule has 1 aromatic carbocycles. The summed E-state index contributed by atoms with van der Waals surface area (Å²) in [5.41, 5.74) is -3.58. The number of benzene rings is 1. The molecule has 0 spiro atoms. The van der Waals surface area contributed by atoms with Crippen molar-refractivity contribution in [1.82, 2.24) is 5.32 Å². The Kier molecular flexibility index (Phi) is 7.83. The Morgan fingerprint density at radius 1 is 1.04 bits per heavy atom. The zero-order chi connectivity index (χ0) is 19.9. The van der Waals surface area contributed by atoms with E-state index in [2.05, 4.69) is 19.2 Å². The highest BCUT2D eigenvalue weighted by Gasteiger charge is 2.30. The Labute approximate surface area is 142 Å². The maximum atomic E-state index is 10.4. The molecule has 0 heterocycles. The summed E-state index contributed by atoms with van der Waals surface area (Å²) in [7, 11) is 0. The van der Waals surface area contributed by atoms with E-state index in [1.165, 1.54) is 0 Å². The zero-order valence-corrected chi connectivity index (χ0v) is 14.1. The van der Waals surface area contributed by atoms with Crippen LogP contribution in [0.1, 0.15) is 27.7 Å². The monoisotopic (exact) mass is 360 g/mol. The summed E-state index contributed by atoms with van der Waals surface area (Å²) in [5, 5.41) is 52.6. The average molecular weight is 360 g/mol. The largest absolute Gasteiger partial charge is 0.497 e. The highest BCUT2D eigenvalue weighted by Crippen LogP contribution is 2.38. The number of hydrogen-bond acceptors (Lipinski definition) is 9. The molecule has 0 aliphatic rings. The van der Waals surface area contributed by atoms with E-state index in [1.807, 2.05) is 0 Å². The van der Waals surface area contributed by atoms with Crippen LogP contribution in [0.3, 0.4) is 0 Å². The Morgan fingerprint density at radius 3 is 1.64 bits per heavy atom. The molecule has 0 atom stereocenters. The molecule has 140 valence electrons. The smallest absolute Gasteiger partial charge is 0.324 e. The van der Waals surface area contributed by atoms with E-state index in [-0.39, 0.29) is 0 Å². The molecule has 25 heavy (non-hydrogen) atoms. The van der Waals surface area contributed by atoms with Gasteiger partial charge >= 0.3 is 11.4 Å². The number of nitro benzene ring substituents is 3. The van der Waals surface area contributed by atoms with Crippen LogP contribution in [0.25, 0.3) is 0 Å². The van der Waals surface area contributed by atoms with Crippen LogP contribution in [0.2, 0.25) is 0 Å². The summed E-state index contributed by atoms with van der Waals surface area (Å²) in [5.74, 6) is -1.21. The predicted octanol–water partition coefficient (Wildman–Crippen LogP) is 1.87. The van der Waals surface area contributed by atoms with Crippen molar-refractivity contribution in [2.24, 2.45) is 0 Å². The summed E-state index contributed by atoms with van der Waals surface area (Å²) in [6.07, 6.45) is 0. The second-order valence-electron chi connectivity index (χ2n) is 5.95. The molecule has 0 radical (unpaired) electrons. The Bertz CT molecular complexity index is 619. The average Bonchev–Trinajstić information content (AvgIpc) is 2.44. The van der Waals surface area contributed by atoms with E-state index in [0.717, 1.165) is 0 Å². The minimum absolute atomic E-state index is 0.447. The molecule has 1 rings (SSSR count). The van der Waals surface area contributed by atoms with Gasteiger partial charge in [-0.1, -0.05) is 13.8 Å². The molecule has 12 nitrogen and oxygen atoms in total. The second-order valence-corrected chi connectivity index (χ2v) is 5.95. The number of non-ortho nitro benzene ring substituents is 1. The lowest BCUT2D eigenvalue weighted by atomic mass is 10.1. The number of hydrogen-bond donors (Lipinski definition) is 3. The van der Waals surface area contributed by atoms with E-state index < -0.39 is 43.2 Å². The number of aromatic hydroxyl groups is 1. The highest BCUT2D eigenvalue weighted by atomic mass is 16.6. The topological polar surface area (TPSA) is 182 Å². The highest BCUT2D eigenvalue weighted by molar-refractivity contribution is 5.64. The van der Waals surface area contributed by atoms with Crippen molar-refractivity contribution >= 4 is 17.1 Å². The molecular weight excluding hydrogens is 340 g/mol. The lowest BCUT2D eigenvalue weighted by Crippen LogP contribution is -2.38. The van der Waals surface area contributed by atoms with Crippen molar-refractivity contribution < 1.29 is 25.0 Å². The number of nitrogens with one attached hydrogen (secondary N) is 1. The molecule has 12 heteroatoms. The van der Waals surface area contributed by atoms with Gasteiger partial charge in [0, 0.05) is 12.6 Å². The summed E-state index contributed by atoms with van der Waals surface area (Å²) < 4.78 is 0. The summed E-state index contributed by atoms with van der Waals surface area (Å²) in [6, 6.07) is 1.35. The number of nitrogens with zero attached hydrogens (tertiary/aromatic N) is 3. The molecule has 0 unspecified atom stereocenters. The zero-order valence-electron chi connectivity index (χ0n) is 14.1. The lowest BCUT2D eigenvalue weighted by Gasteiger charge is -2.19. The van der Waals surface area contributed by atoms with Crippen molar-refractivity contribution in [3.05, 3.63) is 42.5 Å². The van der Waals surface area contributed by atoms with Crippen molar-refractivity contribution in [3.8, 4) is 5.75 Å². The van der Waals surface area contributed by atoms with Crippen LogP contribution in [-0.4, -0.2) is 43.2 Å². The number of phenols is 1. The van der Waals surface area contributed by atoms with Gasteiger partial charge < -0.3 is 15.5 Å². The van der Waals surface area contributed by atoms with Gasteiger partial charge in [0.2, 0.25) is 0 Å². The van der Waals surface area contributed by atoms with Crippen molar-refractivity contribution in [2.45, 2.75) is 39.3 Å². The first-order valence-corrected chi connectivity index (χ1v) is 7.02. The summed E-state index contributed by atoms with van der Waals surface area (Å²) in [6.45, 7) is 8.37. The van der Waals surface area contributed by atoms with Gasteiger partial charge in [0.1, 0.15) is 0 Å². The van der Waals surface area contributed by atoms with Gasteiger partial charge in [0.25, 0.3) is 11.4 Å². The number of phenolic OH excluding ortho intramolecular Hbond substituents is 1. The third kappa shape index (κ3) is 7.99. The Morgan fingerprint density at radius 2 is 1.44 bits per heavy atom. The second kappa shape index (κ2) is 8.84. The van der Waals surface area contributed by atoms with Crippen LogP contribution >= 0.6 is 0 Å². The third-order valence-corrected chi connectivity index (χ3v) is 2.60. The van der Waals surface area contributed by atoms with Gasteiger partial charge in [0.05, 0.1) is 32.5 Å². The first-order valence-electron chi connectivity index (χ1n) is 7.02. The summed E-state index contributed by atoms with van der Waals surface area (Å²) >= 11 is 0. The van der Waals surface area contributed by atoms with Crippen LogP contribution in [0.15, 0.2) is 12.1 Å². The lowest BCUT2D eigenvalue weighted by molar-refractivity contribution is -0.404.